The fraction of sp³-hybridized carbons (Fsp3) is 0.579. The van der Waals surface area contributed by atoms with E-state index in [0.29, 0.717) is 24.2 Å². The lowest BCUT2D eigenvalue weighted by molar-refractivity contribution is -0.165. The Morgan fingerprint density at radius 1 is 1.35 bits per heavy atom. The zero-order valence-corrected chi connectivity index (χ0v) is 14.2. The van der Waals surface area contributed by atoms with Crippen LogP contribution in [0.4, 0.5) is 0 Å². The Kier molecular flexibility index (Phi) is 4.15. The lowest BCUT2D eigenvalue weighted by Gasteiger charge is -2.55. The molecule has 0 spiro atoms. The van der Waals surface area contributed by atoms with E-state index in [1.807, 2.05) is 12.1 Å². The van der Waals surface area contributed by atoms with Crippen LogP contribution in [0.15, 0.2) is 29.8 Å². The maximum atomic E-state index is 10.0. The van der Waals surface area contributed by atoms with E-state index in [0.717, 1.165) is 5.56 Å². The number of methoxy groups -OCH3 is 1. The Labute approximate surface area is 137 Å². The van der Waals surface area contributed by atoms with Gasteiger partial charge in [-0.2, -0.15) is 0 Å². The molecule has 126 valence electrons. The van der Waals surface area contributed by atoms with Crippen molar-refractivity contribution in [2.24, 2.45) is 23.2 Å². The normalized spacial score (nSPS) is 36.5. The summed E-state index contributed by atoms with van der Waals surface area (Å²) in [5, 5.41) is 19.9. The Morgan fingerprint density at radius 2 is 2.09 bits per heavy atom. The lowest BCUT2D eigenvalue weighted by Crippen LogP contribution is -2.53. The summed E-state index contributed by atoms with van der Waals surface area (Å²) in [6, 6.07) is 5.40. The van der Waals surface area contributed by atoms with E-state index in [1.165, 1.54) is 5.57 Å². The second kappa shape index (κ2) is 5.84. The summed E-state index contributed by atoms with van der Waals surface area (Å²) in [4.78, 5) is 0. The van der Waals surface area contributed by atoms with Crippen molar-refractivity contribution in [1.29, 1.82) is 0 Å². The van der Waals surface area contributed by atoms with Crippen molar-refractivity contribution >= 4 is 0 Å². The second-order valence-electron chi connectivity index (χ2n) is 7.07. The second-order valence-corrected chi connectivity index (χ2v) is 7.07. The Balaban J connectivity index is 2.02. The molecule has 2 aliphatic rings. The number of phenolic OH excluding ortho intramolecular Hbond substituents is 1. The molecule has 2 N–H and O–H groups in total. The van der Waals surface area contributed by atoms with Gasteiger partial charge in [-0.3, -0.25) is 0 Å². The van der Waals surface area contributed by atoms with Gasteiger partial charge in [-0.05, 0) is 36.5 Å². The number of ether oxygens (including phenoxy) is 2. The first-order chi connectivity index (χ1) is 10.9. The summed E-state index contributed by atoms with van der Waals surface area (Å²) in [5.74, 6) is 1.44. The minimum Gasteiger partial charge on any atom is -0.504 e. The molecule has 0 unspecified atom stereocenters. The van der Waals surface area contributed by atoms with E-state index in [4.69, 9.17) is 9.47 Å². The topological polar surface area (TPSA) is 58.9 Å². The zero-order chi connectivity index (χ0) is 16.8. The number of aliphatic hydroxyl groups is 1. The molecule has 1 aromatic carbocycles. The molecule has 0 radical (unpaired) electrons. The van der Waals surface area contributed by atoms with Crippen molar-refractivity contribution in [3.63, 3.8) is 0 Å². The van der Waals surface area contributed by atoms with E-state index < -0.39 is 0 Å². The van der Waals surface area contributed by atoms with Crippen LogP contribution in [0.2, 0.25) is 0 Å². The van der Waals surface area contributed by atoms with Gasteiger partial charge >= 0.3 is 0 Å². The van der Waals surface area contributed by atoms with Crippen LogP contribution in [0.5, 0.6) is 11.5 Å². The van der Waals surface area contributed by atoms with Gasteiger partial charge in [0.15, 0.2) is 11.5 Å². The molecule has 2 bridgehead atoms. The summed E-state index contributed by atoms with van der Waals surface area (Å²) in [6.07, 6.45) is 2.21. The summed E-state index contributed by atoms with van der Waals surface area (Å²) < 4.78 is 11.5. The van der Waals surface area contributed by atoms with Crippen LogP contribution in [0.25, 0.3) is 0 Å². The minimum absolute atomic E-state index is 0.0806. The first-order valence-corrected chi connectivity index (χ1v) is 8.22. The third-order valence-corrected chi connectivity index (χ3v) is 6.08. The molecule has 0 saturated carbocycles. The molecule has 23 heavy (non-hydrogen) atoms. The number of hydrogen-bond donors (Lipinski definition) is 2. The number of rotatable bonds is 3. The van der Waals surface area contributed by atoms with Crippen LogP contribution in [-0.4, -0.2) is 30.5 Å². The van der Waals surface area contributed by atoms with E-state index >= 15 is 0 Å². The molecule has 3 rings (SSSR count). The number of phenols is 1. The van der Waals surface area contributed by atoms with Gasteiger partial charge in [0.05, 0.1) is 26.4 Å². The Bertz CT molecular complexity index is 624. The van der Waals surface area contributed by atoms with Gasteiger partial charge < -0.3 is 19.7 Å². The highest BCUT2D eigenvalue weighted by Crippen LogP contribution is 2.56. The van der Waals surface area contributed by atoms with Crippen molar-refractivity contribution < 1.29 is 19.7 Å². The van der Waals surface area contributed by atoms with Gasteiger partial charge in [-0.1, -0.05) is 31.6 Å². The summed E-state index contributed by atoms with van der Waals surface area (Å²) in [5.41, 5.74) is 2.11. The molecule has 1 saturated heterocycles. The monoisotopic (exact) mass is 318 g/mol. The number of fused-ring (bicyclic) bond motifs is 2. The van der Waals surface area contributed by atoms with Crippen LogP contribution < -0.4 is 4.74 Å². The first kappa shape index (κ1) is 16.3. The quantitative estimate of drug-likeness (QED) is 0.840. The van der Waals surface area contributed by atoms with Crippen LogP contribution in [-0.2, 0) is 4.74 Å². The van der Waals surface area contributed by atoms with E-state index in [-0.39, 0.29) is 29.8 Å². The van der Waals surface area contributed by atoms with Gasteiger partial charge in [-0.15, -0.1) is 0 Å². The fourth-order valence-electron chi connectivity index (χ4n) is 4.46. The molecule has 1 heterocycles. The van der Waals surface area contributed by atoms with Crippen molar-refractivity contribution in [2.45, 2.75) is 26.9 Å². The lowest BCUT2D eigenvalue weighted by atomic mass is 9.56. The van der Waals surface area contributed by atoms with E-state index in [2.05, 4.69) is 26.8 Å². The average molecular weight is 318 g/mol. The van der Waals surface area contributed by atoms with Crippen molar-refractivity contribution in [2.75, 3.05) is 20.3 Å². The number of aliphatic hydroxyl groups excluding tert-OH is 1. The first-order valence-electron chi connectivity index (χ1n) is 8.22. The number of hydrogen-bond acceptors (Lipinski definition) is 4. The molecule has 0 amide bonds. The molecule has 5 atom stereocenters. The van der Waals surface area contributed by atoms with Gasteiger partial charge in [0, 0.05) is 11.3 Å². The molecule has 1 fully saturated rings. The third kappa shape index (κ3) is 2.36. The van der Waals surface area contributed by atoms with Crippen molar-refractivity contribution in [1.82, 2.24) is 0 Å². The summed E-state index contributed by atoms with van der Waals surface area (Å²) >= 11 is 0. The predicted molar refractivity (Wildman–Crippen MR) is 88.4 cm³/mol. The highest BCUT2D eigenvalue weighted by molar-refractivity contribution is 5.43. The number of allylic oxidation sites excluding steroid dienone is 1. The van der Waals surface area contributed by atoms with Gasteiger partial charge in [0.1, 0.15) is 0 Å². The van der Waals surface area contributed by atoms with Gasteiger partial charge in [0.2, 0.25) is 0 Å². The maximum absolute atomic E-state index is 10.0. The van der Waals surface area contributed by atoms with Crippen LogP contribution >= 0.6 is 0 Å². The maximum Gasteiger partial charge on any atom is 0.160 e. The van der Waals surface area contributed by atoms with Crippen molar-refractivity contribution in [3.05, 3.63) is 35.4 Å². The van der Waals surface area contributed by atoms with E-state index in [1.54, 1.807) is 13.2 Å². The van der Waals surface area contributed by atoms with Crippen LogP contribution in [0.1, 0.15) is 32.4 Å². The van der Waals surface area contributed by atoms with Crippen LogP contribution in [0, 0.1) is 23.2 Å². The minimum atomic E-state index is -0.207. The highest BCUT2D eigenvalue weighted by atomic mass is 16.5. The zero-order valence-electron chi connectivity index (χ0n) is 14.2. The Morgan fingerprint density at radius 3 is 2.74 bits per heavy atom. The van der Waals surface area contributed by atoms with Crippen LogP contribution in [0.3, 0.4) is 0 Å². The molecule has 1 aliphatic heterocycles. The highest BCUT2D eigenvalue weighted by Gasteiger charge is 2.53. The largest absolute Gasteiger partial charge is 0.504 e. The SMILES string of the molecule is COc1cc([C@@H]2OC[C@@]3(CO)[C@@H](C)C=C(C)[C@H]2[C@@H]3C)ccc1O. The smallest absolute Gasteiger partial charge is 0.160 e. The molecule has 1 aliphatic carbocycles. The molecular formula is C19H26O4. The number of aromatic hydroxyl groups is 1. The molecule has 1 aromatic rings. The number of benzene rings is 1. The summed E-state index contributed by atoms with van der Waals surface area (Å²) in [6.45, 7) is 7.22. The standard InChI is InChI=1S/C19H26O4/c1-11-7-12(2)19(9-20)10-23-18(17(11)13(19)3)14-5-6-15(21)16(8-14)22-4/h5-8,12-13,17-18,20-21H,9-10H2,1-4H3/t12-,13-,17-,18-,19-/m0/s1. The van der Waals surface area contributed by atoms with Gasteiger partial charge in [-0.25, -0.2) is 0 Å². The fourth-order valence-corrected chi connectivity index (χ4v) is 4.46. The molecule has 4 nitrogen and oxygen atoms in total. The van der Waals surface area contributed by atoms with Gasteiger partial charge in [0.25, 0.3) is 0 Å². The Hall–Kier alpha value is -1.52. The molecule has 0 aromatic heterocycles. The van der Waals surface area contributed by atoms with Crippen molar-refractivity contribution in [3.8, 4) is 11.5 Å². The predicted octanol–water partition coefficient (Wildman–Crippen LogP) is 3.30. The molecular weight excluding hydrogens is 292 g/mol. The van der Waals surface area contributed by atoms with E-state index in [9.17, 15) is 10.2 Å². The summed E-state index contributed by atoms with van der Waals surface area (Å²) in [7, 11) is 1.55. The average Bonchev–Trinajstić information content (AvgIpc) is 2.53. The molecule has 4 heteroatoms. The third-order valence-electron chi connectivity index (χ3n) is 6.08.